The van der Waals surface area contributed by atoms with Crippen molar-refractivity contribution >= 4 is 17.8 Å². The van der Waals surface area contributed by atoms with Crippen LogP contribution < -0.4 is 0 Å². The van der Waals surface area contributed by atoms with Crippen molar-refractivity contribution < 1.29 is 19.5 Å². The Balaban J connectivity index is 1.80. The van der Waals surface area contributed by atoms with Crippen molar-refractivity contribution in [3.63, 3.8) is 0 Å². The van der Waals surface area contributed by atoms with Crippen LogP contribution in [0.4, 0.5) is 0 Å². The Morgan fingerprint density at radius 1 is 1.14 bits per heavy atom. The summed E-state index contributed by atoms with van der Waals surface area (Å²) in [5, 5.41) is 9.06. The fourth-order valence-electron chi connectivity index (χ4n) is 3.75. The summed E-state index contributed by atoms with van der Waals surface area (Å²) < 4.78 is 0. The molecule has 6 nitrogen and oxygen atoms in total. The number of carboxylic acids is 1. The number of carboxylic acid groups (broad SMARTS) is 1. The van der Waals surface area contributed by atoms with Crippen LogP contribution in [-0.4, -0.2) is 59.4 Å². The van der Waals surface area contributed by atoms with Gasteiger partial charge in [-0.15, -0.1) is 0 Å². The van der Waals surface area contributed by atoms with Crippen molar-refractivity contribution in [2.24, 2.45) is 11.3 Å². The van der Waals surface area contributed by atoms with E-state index in [9.17, 15) is 14.4 Å². The van der Waals surface area contributed by atoms with E-state index < -0.39 is 11.4 Å². The monoisotopic (exact) mass is 388 g/mol. The van der Waals surface area contributed by atoms with E-state index in [-0.39, 0.29) is 24.3 Å². The molecule has 1 aliphatic heterocycles. The average molecular weight is 389 g/mol. The first-order valence-electron chi connectivity index (χ1n) is 10.0. The molecule has 0 spiro atoms. The number of carbonyl (C=O) groups excluding carboxylic acids is 2. The summed E-state index contributed by atoms with van der Waals surface area (Å²) >= 11 is 0. The molecule has 1 heterocycles. The molecule has 2 rings (SSSR count). The van der Waals surface area contributed by atoms with E-state index >= 15 is 0 Å². The second-order valence-corrected chi connectivity index (χ2v) is 8.38. The number of likely N-dealkylation sites (N-methyl/N-ethyl adjacent to an activating group) is 1. The number of nitrogens with zero attached hydrogens (tertiary/aromatic N) is 2. The summed E-state index contributed by atoms with van der Waals surface area (Å²) in [4.78, 5) is 39.6. The lowest BCUT2D eigenvalue weighted by Crippen LogP contribution is -2.47. The Morgan fingerprint density at radius 3 is 2.32 bits per heavy atom. The number of piperidine rings is 1. The molecule has 0 saturated carbocycles. The molecule has 0 unspecified atom stereocenters. The van der Waals surface area contributed by atoms with E-state index in [0.29, 0.717) is 25.9 Å². The molecule has 1 aromatic carbocycles. The zero-order valence-electron chi connectivity index (χ0n) is 17.2. The second-order valence-electron chi connectivity index (χ2n) is 8.38. The quantitative estimate of drug-likeness (QED) is 0.743. The Labute approximate surface area is 167 Å². The highest BCUT2D eigenvalue weighted by molar-refractivity contribution is 5.87. The molecule has 2 amide bonds. The van der Waals surface area contributed by atoms with Gasteiger partial charge in [0.1, 0.15) is 0 Å². The summed E-state index contributed by atoms with van der Waals surface area (Å²) in [6.07, 6.45) is 3.54. The van der Waals surface area contributed by atoms with Gasteiger partial charge in [-0.1, -0.05) is 44.2 Å². The van der Waals surface area contributed by atoms with Gasteiger partial charge >= 0.3 is 5.97 Å². The number of aliphatic carboxylic acids is 1. The third kappa shape index (κ3) is 6.08. The highest BCUT2D eigenvalue weighted by Gasteiger charge is 2.32. The molecule has 1 aromatic rings. The first-order chi connectivity index (χ1) is 13.2. The molecule has 0 aliphatic carbocycles. The molecule has 1 fully saturated rings. The van der Waals surface area contributed by atoms with Gasteiger partial charge in [0.25, 0.3) is 0 Å². The maximum absolute atomic E-state index is 12.8. The van der Waals surface area contributed by atoms with Gasteiger partial charge < -0.3 is 14.9 Å². The van der Waals surface area contributed by atoms with Crippen molar-refractivity contribution in [1.82, 2.24) is 9.80 Å². The van der Waals surface area contributed by atoms with Crippen LogP contribution in [0.2, 0.25) is 0 Å². The minimum atomic E-state index is -0.795. The molecule has 154 valence electrons. The molecule has 6 heteroatoms. The highest BCUT2D eigenvalue weighted by Crippen LogP contribution is 2.26. The summed E-state index contributed by atoms with van der Waals surface area (Å²) in [7, 11) is 1.67. The number of carbonyl (C=O) groups is 3. The molecule has 1 N–H and O–H groups in total. The zero-order valence-corrected chi connectivity index (χ0v) is 17.2. The van der Waals surface area contributed by atoms with Gasteiger partial charge in [-0.05, 0) is 37.7 Å². The number of likely N-dealkylation sites (tertiary alicyclic amines) is 1. The van der Waals surface area contributed by atoms with Crippen molar-refractivity contribution in [1.29, 1.82) is 0 Å². The van der Waals surface area contributed by atoms with Crippen LogP contribution >= 0.6 is 0 Å². The number of rotatable bonds is 8. The van der Waals surface area contributed by atoms with Crippen LogP contribution in [-0.2, 0) is 20.8 Å². The van der Waals surface area contributed by atoms with E-state index in [1.54, 1.807) is 11.9 Å². The van der Waals surface area contributed by atoms with Gasteiger partial charge in [0.05, 0.1) is 12.5 Å². The van der Waals surface area contributed by atoms with Crippen LogP contribution in [0.25, 0.3) is 0 Å². The van der Waals surface area contributed by atoms with E-state index in [2.05, 4.69) is 12.1 Å². The summed E-state index contributed by atoms with van der Waals surface area (Å²) in [5.41, 5.74) is 0.735. The largest absolute Gasteiger partial charge is 0.481 e. The minimum Gasteiger partial charge on any atom is -0.481 e. The number of hydrogen-bond acceptors (Lipinski definition) is 3. The Bertz CT molecular complexity index is 679. The Kier molecular flexibility index (Phi) is 7.61. The lowest BCUT2D eigenvalue weighted by atomic mass is 9.85. The molecule has 1 aliphatic rings. The fraction of sp³-hybridized carbons (Fsp3) is 0.591. The average Bonchev–Trinajstić information content (AvgIpc) is 2.68. The standard InChI is InChI=1S/C22H32N2O4/c1-22(2,13-7-10-17-8-5-4-6-9-17)21(28)23(3)16-19(25)24-14-11-18(12-15-24)20(26)27/h4-6,8-9,18H,7,10-16H2,1-3H3,(H,26,27). The van der Waals surface area contributed by atoms with E-state index in [4.69, 9.17) is 5.11 Å². The zero-order chi connectivity index (χ0) is 20.7. The van der Waals surface area contributed by atoms with E-state index in [1.807, 2.05) is 32.0 Å². The molecule has 1 saturated heterocycles. The second kappa shape index (κ2) is 9.71. The van der Waals surface area contributed by atoms with E-state index in [1.165, 1.54) is 10.5 Å². The van der Waals surface area contributed by atoms with Gasteiger partial charge in [-0.25, -0.2) is 0 Å². The molecule has 0 atom stereocenters. The van der Waals surface area contributed by atoms with Gasteiger partial charge in [0, 0.05) is 25.6 Å². The third-order valence-electron chi connectivity index (χ3n) is 5.61. The first-order valence-corrected chi connectivity index (χ1v) is 10.0. The maximum Gasteiger partial charge on any atom is 0.306 e. The molecule has 0 aromatic heterocycles. The minimum absolute atomic E-state index is 0.0330. The topological polar surface area (TPSA) is 77.9 Å². The smallest absolute Gasteiger partial charge is 0.306 e. The van der Waals surface area contributed by atoms with Crippen LogP contribution in [0.5, 0.6) is 0 Å². The van der Waals surface area contributed by atoms with Crippen molar-refractivity contribution in [2.75, 3.05) is 26.7 Å². The van der Waals surface area contributed by atoms with Crippen molar-refractivity contribution in [3.8, 4) is 0 Å². The SMILES string of the molecule is CN(CC(=O)N1CCC(C(=O)O)CC1)C(=O)C(C)(C)CCCc1ccccc1. The van der Waals surface area contributed by atoms with Gasteiger partial charge in [-0.3, -0.25) is 14.4 Å². The Morgan fingerprint density at radius 2 is 1.75 bits per heavy atom. The molecular weight excluding hydrogens is 356 g/mol. The molecule has 0 radical (unpaired) electrons. The first kappa shape index (κ1) is 21.9. The number of hydrogen-bond donors (Lipinski definition) is 1. The number of aryl methyl sites for hydroxylation is 1. The molecular formula is C22H32N2O4. The van der Waals surface area contributed by atoms with Crippen LogP contribution in [0.15, 0.2) is 30.3 Å². The normalized spacial score (nSPS) is 15.3. The van der Waals surface area contributed by atoms with Gasteiger partial charge in [-0.2, -0.15) is 0 Å². The maximum atomic E-state index is 12.8. The lowest BCUT2D eigenvalue weighted by molar-refractivity contribution is -0.148. The highest BCUT2D eigenvalue weighted by atomic mass is 16.4. The third-order valence-corrected chi connectivity index (χ3v) is 5.61. The van der Waals surface area contributed by atoms with Crippen molar-refractivity contribution in [2.45, 2.75) is 46.0 Å². The van der Waals surface area contributed by atoms with Crippen LogP contribution in [0.1, 0.15) is 45.1 Å². The predicted molar refractivity (Wildman–Crippen MR) is 108 cm³/mol. The molecule has 0 bridgehead atoms. The lowest BCUT2D eigenvalue weighted by Gasteiger charge is -2.33. The summed E-state index contributed by atoms with van der Waals surface area (Å²) in [6.45, 7) is 4.79. The summed E-state index contributed by atoms with van der Waals surface area (Å²) in [6, 6.07) is 10.2. The van der Waals surface area contributed by atoms with Gasteiger partial charge in [0.15, 0.2) is 0 Å². The number of benzene rings is 1. The van der Waals surface area contributed by atoms with Crippen molar-refractivity contribution in [3.05, 3.63) is 35.9 Å². The van der Waals surface area contributed by atoms with E-state index in [0.717, 1.165) is 19.3 Å². The summed E-state index contributed by atoms with van der Waals surface area (Å²) in [5.74, 6) is -1.31. The number of amides is 2. The van der Waals surface area contributed by atoms with Crippen LogP contribution in [0, 0.1) is 11.3 Å². The Hall–Kier alpha value is -2.37. The fourth-order valence-corrected chi connectivity index (χ4v) is 3.75. The predicted octanol–water partition coefficient (Wildman–Crippen LogP) is 2.82. The van der Waals surface area contributed by atoms with Crippen LogP contribution in [0.3, 0.4) is 0 Å². The molecule has 28 heavy (non-hydrogen) atoms. The van der Waals surface area contributed by atoms with Gasteiger partial charge in [0.2, 0.25) is 11.8 Å².